The number of nitrogens with zero attached hydrogens (tertiary/aromatic N) is 2. The first kappa shape index (κ1) is 21.5. The van der Waals surface area contributed by atoms with Gasteiger partial charge in [-0.15, -0.1) is 0 Å². The van der Waals surface area contributed by atoms with E-state index in [0.29, 0.717) is 29.9 Å². The molecule has 4 rings (SSSR count). The Labute approximate surface area is 182 Å². The molecule has 0 aliphatic carbocycles. The molecule has 1 fully saturated rings. The molecule has 1 N–H and O–H groups in total. The Kier molecular flexibility index (Phi) is 6.68. The molecule has 3 aromatic rings. The number of piperazine rings is 1. The van der Waals surface area contributed by atoms with Gasteiger partial charge in [0.05, 0.1) is 11.3 Å². The van der Waals surface area contributed by atoms with Gasteiger partial charge in [0, 0.05) is 44.5 Å². The molecule has 31 heavy (non-hydrogen) atoms. The third-order valence-corrected chi connectivity index (χ3v) is 5.94. The number of anilines is 1. The van der Waals surface area contributed by atoms with Crippen LogP contribution in [0.3, 0.4) is 0 Å². The van der Waals surface area contributed by atoms with Gasteiger partial charge >= 0.3 is 0 Å². The summed E-state index contributed by atoms with van der Waals surface area (Å²) in [4.78, 5) is 17.7. The number of furan rings is 1. The molecule has 164 valence electrons. The molecule has 1 aliphatic heterocycles. The first-order valence-electron chi connectivity index (χ1n) is 11.1. The van der Waals surface area contributed by atoms with E-state index >= 15 is 0 Å². The molecule has 5 nitrogen and oxygen atoms in total. The number of benzene rings is 2. The maximum atomic E-state index is 14.8. The lowest BCUT2D eigenvalue weighted by Crippen LogP contribution is -2.43. The fourth-order valence-corrected chi connectivity index (χ4v) is 4.07. The number of hydrogen-bond acceptors (Lipinski definition) is 4. The standard InChI is InChI=1S/C25H30FN3O2/c1-3-4-8-23-24(19-7-5-6-9-22(19)31-23)25(30)27-21-11-10-18(16-20(21)26)17-29-14-12-28(2)13-15-29/h5-7,9-11,16H,3-4,8,12-15,17H2,1-2H3,(H,27,30). The van der Waals surface area contributed by atoms with E-state index in [1.807, 2.05) is 30.3 Å². The largest absolute Gasteiger partial charge is 0.460 e. The number of hydrogen-bond donors (Lipinski definition) is 1. The molecule has 6 heteroatoms. The maximum Gasteiger partial charge on any atom is 0.259 e. The number of likely N-dealkylation sites (N-methyl/N-ethyl adjacent to an activating group) is 1. The van der Waals surface area contributed by atoms with Gasteiger partial charge in [0.15, 0.2) is 0 Å². The van der Waals surface area contributed by atoms with E-state index in [1.165, 1.54) is 6.07 Å². The van der Waals surface area contributed by atoms with Crippen LogP contribution in [0.4, 0.5) is 10.1 Å². The number of amides is 1. The average molecular weight is 424 g/mol. The molecule has 1 aliphatic rings. The molecule has 0 saturated carbocycles. The van der Waals surface area contributed by atoms with Crippen molar-refractivity contribution in [1.82, 2.24) is 9.80 Å². The Balaban J connectivity index is 1.51. The van der Waals surface area contributed by atoms with Crippen molar-refractivity contribution in [3.63, 3.8) is 0 Å². The molecule has 0 unspecified atom stereocenters. The zero-order chi connectivity index (χ0) is 21.8. The molecule has 2 heterocycles. The minimum atomic E-state index is -0.414. The summed E-state index contributed by atoms with van der Waals surface area (Å²) in [6, 6.07) is 12.6. The average Bonchev–Trinajstić information content (AvgIpc) is 3.14. The zero-order valence-corrected chi connectivity index (χ0v) is 18.3. The number of halogens is 1. The van der Waals surface area contributed by atoms with Crippen LogP contribution in [-0.4, -0.2) is 48.9 Å². The van der Waals surface area contributed by atoms with E-state index in [2.05, 4.69) is 29.1 Å². The van der Waals surface area contributed by atoms with Gasteiger partial charge in [-0.2, -0.15) is 0 Å². The van der Waals surface area contributed by atoms with Crippen LogP contribution >= 0.6 is 0 Å². The highest BCUT2D eigenvalue weighted by Gasteiger charge is 2.21. The summed E-state index contributed by atoms with van der Waals surface area (Å²) in [6.45, 7) is 6.81. The minimum absolute atomic E-state index is 0.193. The maximum absolute atomic E-state index is 14.8. The van der Waals surface area contributed by atoms with Crippen molar-refractivity contribution < 1.29 is 13.6 Å². The van der Waals surface area contributed by atoms with E-state index in [9.17, 15) is 9.18 Å². The second-order valence-electron chi connectivity index (χ2n) is 8.35. The van der Waals surface area contributed by atoms with Crippen molar-refractivity contribution in [1.29, 1.82) is 0 Å². The summed E-state index contributed by atoms with van der Waals surface area (Å²) in [7, 11) is 2.12. The first-order chi connectivity index (χ1) is 15.0. The van der Waals surface area contributed by atoms with Crippen LogP contribution in [0, 0.1) is 5.82 Å². The molecule has 0 radical (unpaired) electrons. The molecule has 2 aromatic carbocycles. The van der Waals surface area contributed by atoms with Gasteiger partial charge in [-0.25, -0.2) is 4.39 Å². The van der Waals surface area contributed by atoms with Crippen molar-refractivity contribution in [2.45, 2.75) is 32.7 Å². The van der Waals surface area contributed by atoms with Crippen molar-refractivity contribution in [2.75, 3.05) is 38.5 Å². The van der Waals surface area contributed by atoms with Crippen LogP contribution in [0.1, 0.15) is 41.4 Å². The SMILES string of the molecule is CCCCc1oc2ccccc2c1C(=O)Nc1ccc(CN2CCN(C)CC2)cc1F. The van der Waals surface area contributed by atoms with Crippen molar-refractivity contribution in [3.05, 3.63) is 65.2 Å². The van der Waals surface area contributed by atoms with Crippen LogP contribution < -0.4 is 5.32 Å². The number of carbonyl (C=O) groups is 1. The Bertz CT molecular complexity index is 1050. The van der Waals surface area contributed by atoms with Gasteiger partial charge in [0.2, 0.25) is 0 Å². The predicted octanol–water partition coefficient (Wildman–Crippen LogP) is 4.91. The predicted molar refractivity (Wildman–Crippen MR) is 122 cm³/mol. The normalized spacial score (nSPS) is 15.5. The number of rotatable bonds is 7. The van der Waals surface area contributed by atoms with Gasteiger partial charge < -0.3 is 14.6 Å². The quantitative estimate of drug-likeness (QED) is 0.586. The zero-order valence-electron chi connectivity index (χ0n) is 18.3. The Morgan fingerprint density at radius 2 is 1.90 bits per heavy atom. The lowest BCUT2D eigenvalue weighted by molar-refractivity contribution is 0.102. The van der Waals surface area contributed by atoms with Crippen LogP contribution in [0.2, 0.25) is 0 Å². The highest BCUT2D eigenvalue weighted by atomic mass is 19.1. The monoisotopic (exact) mass is 423 g/mol. The van der Waals surface area contributed by atoms with Gasteiger partial charge in [-0.05, 0) is 37.2 Å². The molecular formula is C25H30FN3O2. The van der Waals surface area contributed by atoms with E-state index in [0.717, 1.165) is 50.0 Å². The molecular weight excluding hydrogens is 393 g/mol. The minimum Gasteiger partial charge on any atom is -0.460 e. The lowest BCUT2D eigenvalue weighted by atomic mass is 10.1. The molecule has 1 amide bonds. The summed E-state index contributed by atoms with van der Waals surface area (Å²) >= 11 is 0. The fourth-order valence-electron chi connectivity index (χ4n) is 4.07. The Morgan fingerprint density at radius 1 is 1.13 bits per heavy atom. The molecule has 1 aromatic heterocycles. The molecule has 1 saturated heterocycles. The number of unbranched alkanes of at least 4 members (excludes halogenated alkanes) is 1. The van der Waals surface area contributed by atoms with Crippen molar-refractivity contribution in [3.8, 4) is 0 Å². The second-order valence-corrected chi connectivity index (χ2v) is 8.35. The summed E-state index contributed by atoms with van der Waals surface area (Å²) in [5.74, 6) is -0.0858. The van der Waals surface area contributed by atoms with Gasteiger partial charge in [-0.1, -0.05) is 37.6 Å². The van der Waals surface area contributed by atoms with E-state index in [1.54, 1.807) is 6.07 Å². The highest BCUT2D eigenvalue weighted by molar-refractivity contribution is 6.13. The molecule has 0 spiro atoms. The van der Waals surface area contributed by atoms with E-state index in [-0.39, 0.29) is 11.6 Å². The first-order valence-corrected chi connectivity index (χ1v) is 11.1. The fraction of sp³-hybridized carbons (Fsp3) is 0.400. The van der Waals surface area contributed by atoms with Crippen LogP contribution in [-0.2, 0) is 13.0 Å². The van der Waals surface area contributed by atoms with E-state index in [4.69, 9.17) is 4.42 Å². The molecule has 0 bridgehead atoms. The highest BCUT2D eigenvalue weighted by Crippen LogP contribution is 2.28. The van der Waals surface area contributed by atoms with Gasteiger partial charge in [-0.3, -0.25) is 9.69 Å². The third kappa shape index (κ3) is 4.97. The number of fused-ring (bicyclic) bond motifs is 1. The van der Waals surface area contributed by atoms with Crippen LogP contribution in [0.25, 0.3) is 11.0 Å². The second kappa shape index (κ2) is 9.62. The summed E-state index contributed by atoms with van der Waals surface area (Å²) in [5, 5.41) is 3.53. The lowest BCUT2D eigenvalue weighted by Gasteiger charge is -2.32. The smallest absolute Gasteiger partial charge is 0.259 e. The Hall–Kier alpha value is -2.70. The Morgan fingerprint density at radius 3 is 2.65 bits per heavy atom. The summed E-state index contributed by atoms with van der Waals surface area (Å²) in [6.07, 6.45) is 2.61. The third-order valence-electron chi connectivity index (χ3n) is 5.94. The van der Waals surface area contributed by atoms with Crippen LogP contribution in [0.15, 0.2) is 46.9 Å². The van der Waals surface area contributed by atoms with E-state index < -0.39 is 5.82 Å². The number of carbonyl (C=O) groups excluding carboxylic acids is 1. The number of nitrogens with one attached hydrogen (secondary N) is 1. The topological polar surface area (TPSA) is 48.7 Å². The van der Waals surface area contributed by atoms with Crippen molar-refractivity contribution >= 4 is 22.6 Å². The molecule has 0 atom stereocenters. The summed E-state index contributed by atoms with van der Waals surface area (Å²) in [5.41, 5.74) is 2.29. The van der Waals surface area contributed by atoms with Crippen LogP contribution in [0.5, 0.6) is 0 Å². The summed E-state index contributed by atoms with van der Waals surface area (Å²) < 4.78 is 20.8. The van der Waals surface area contributed by atoms with Gasteiger partial charge in [0.25, 0.3) is 5.91 Å². The van der Waals surface area contributed by atoms with Crippen molar-refractivity contribution in [2.24, 2.45) is 0 Å². The number of aryl methyl sites for hydroxylation is 1. The number of para-hydroxylation sites is 1. The van der Waals surface area contributed by atoms with Gasteiger partial charge in [0.1, 0.15) is 17.2 Å².